The van der Waals surface area contributed by atoms with E-state index >= 15 is 0 Å². The predicted octanol–water partition coefficient (Wildman–Crippen LogP) is 5.14. The maximum Gasteiger partial charge on any atom is 0.282 e. The number of halogens is 4. The van der Waals surface area contributed by atoms with Gasteiger partial charge in [-0.2, -0.15) is 5.10 Å². The van der Waals surface area contributed by atoms with E-state index in [9.17, 15) is 17.6 Å². The highest BCUT2D eigenvalue weighted by Gasteiger charge is 2.23. The standard InChI is InChI=1S/C17H20F4N4S/c1-10-11(2)26-17(22-10)12-3-5-24(6-4-12)7-8-25-14(16(20)21)9-13(23-25)15(18)19/h7-9,12,15-16H,3-6H2,1-2H3. The highest BCUT2D eigenvalue weighted by atomic mass is 32.1. The number of hydrogen-bond acceptors (Lipinski definition) is 4. The molecule has 3 rings (SSSR count). The van der Waals surface area contributed by atoms with Gasteiger partial charge in [0.25, 0.3) is 12.9 Å². The maximum absolute atomic E-state index is 13.0. The van der Waals surface area contributed by atoms with Gasteiger partial charge in [-0.25, -0.2) is 27.2 Å². The number of piperidine rings is 1. The van der Waals surface area contributed by atoms with E-state index < -0.39 is 24.2 Å². The zero-order valence-corrected chi connectivity index (χ0v) is 15.3. The van der Waals surface area contributed by atoms with Crippen LogP contribution in [0.5, 0.6) is 0 Å². The number of aromatic nitrogens is 3. The van der Waals surface area contributed by atoms with E-state index in [4.69, 9.17) is 0 Å². The SMILES string of the molecule is Cc1nc(C2CCN(C=Cn3nc(C(F)F)cc3C(F)F)CC2)sc1C. The van der Waals surface area contributed by atoms with Crippen LogP contribution in [0.1, 0.15) is 58.6 Å². The monoisotopic (exact) mass is 388 g/mol. The highest BCUT2D eigenvalue weighted by Crippen LogP contribution is 2.32. The predicted molar refractivity (Wildman–Crippen MR) is 92.6 cm³/mol. The summed E-state index contributed by atoms with van der Waals surface area (Å²) in [6.45, 7) is 5.58. The molecule has 142 valence electrons. The first-order chi connectivity index (χ1) is 12.3. The summed E-state index contributed by atoms with van der Waals surface area (Å²) in [5.74, 6) is 0.406. The number of nitrogens with zero attached hydrogens (tertiary/aromatic N) is 4. The van der Waals surface area contributed by atoms with Gasteiger partial charge in [0, 0.05) is 36.3 Å². The second-order valence-corrected chi connectivity index (χ2v) is 7.58. The second-order valence-electron chi connectivity index (χ2n) is 6.34. The molecule has 1 aliphatic heterocycles. The van der Waals surface area contributed by atoms with Crippen molar-refractivity contribution in [2.24, 2.45) is 0 Å². The van der Waals surface area contributed by atoms with Gasteiger partial charge in [-0.15, -0.1) is 11.3 Å². The van der Waals surface area contributed by atoms with E-state index in [1.807, 2.05) is 11.8 Å². The van der Waals surface area contributed by atoms with Crippen molar-refractivity contribution >= 4 is 17.5 Å². The highest BCUT2D eigenvalue weighted by molar-refractivity contribution is 7.11. The quantitative estimate of drug-likeness (QED) is 0.665. The van der Waals surface area contributed by atoms with E-state index in [0.717, 1.165) is 47.4 Å². The lowest BCUT2D eigenvalue weighted by atomic mass is 9.98. The van der Waals surface area contributed by atoms with Crippen LogP contribution < -0.4 is 0 Å². The van der Waals surface area contributed by atoms with E-state index in [-0.39, 0.29) is 0 Å². The molecule has 0 aliphatic carbocycles. The van der Waals surface area contributed by atoms with Gasteiger partial charge in [0.2, 0.25) is 0 Å². The van der Waals surface area contributed by atoms with Gasteiger partial charge in [-0.1, -0.05) is 0 Å². The summed E-state index contributed by atoms with van der Waals surface area (Å²) >= 11 is 1.73. The lowest BCUT2D eigenvalue weighted by molar-refractivity contribution is 0.143. The molecular weight excluding hydrogens is 368 g/mol. The van der Waals surface area contributed by atoms with Crippen molar-refractivity contribution < 1.29 is 17.6 Å². The smallest absolute Gasteiger partial charge is 0.282 e. The van der Waals surface area contributed by atoms with Crippen molar-refractivity contribution in [1.82, 2.24) is 19.7 Å². The molecule has 0 spiro atoms. The first-order valence-electron chi connectivity index (χ1n) is 8.37. The molecule has 0 radical (unpaired) electrons. The van der Waals surface area contributed by atoms with Crippen LogP contribution in [0.3, 0.4) is 0 Å². The Morgan fingerprint density at radius 1 is 1.12 bits per heavy atom. The van der Waals surface area contributed by atoms with Crippen LogP contribution in [0.4, 0.5) is 17.6 Å². The first kappa shape index (κ1) is 18.9. The molecule has 0 unspecified atom stereocenters. The molecule has 4 nitrogen and oxygen atoms in total. The molecule has 1 aliphatic rings. The van der Waals surface area contributed by atoms with Crippen molar-refractivity contribution in [3.63, 3.8) is 0 Å². The summed E-state index contributed by atoms with van der Waals surface area (Å²) in [6.07, 6.45) is -0.932. The summed E-state index contributed by atoms with van der Waals surface area (Å²) in [4.78, 5) is 7.84. The van der Waals surface area contributed by atoms with Crippen molar-refractivity contribution in [2.45, 2.75) is 45.5 Å². The van der Waals surface area contributed by atoms with Gasteiger partial charge in [0.05, 0.1) is 10.7 Å². The lowest BCUT2D eigenvalue weighted by Gasteiger charge is -2.30. The summed E-state index contributed by atoms with van der Waals surface area (Å²) in [5, 5.41) is 4.71. The number of likely N-dealkylation sites (tertiary alicyclic amines) is 1. The third kappa shape index (κ3) is 4.08. The minimum atomic E-state index is -2.87. The molecule has 9 heteroatoms. The maximum atomic E-state index is 13.0. The summed E-state index contributed by atoms with van der Waals surface area (Å²) in [6, 6.07) is 0.749. The molecule has 26 heavy (non-hydrogen) atoms. The first-order valence-corrected chi connectivity index (χ1v) is 9.18. The fourth-order valence-corrected chi connectivity index (χ4v) is 4.03. The largest absolute Gasteiger partial charge is 0.376 e. The molecule has 1 saturated heterocycles. The van der Waals surface area contributed by atoms with Gasteiger partial charge in [-0.3, -0.25) is 0 Å². The third-order valence-electron chi connectivity index (χ3n) is 4.57. The van der Waals surface area contributed by atoms with Crippen LogP contribution in [0.2, 0.25) is 0 Å². The Balaban J connectivity index is 1.64. The van der Waals surface area contributed by atoms with Gasteiger partial charge >= 0.3 is 0 Å². The van der Waals surface area contributed by atoms with Gasteiger partial charge < -0.3 is 4.90 Å². The van der Waals surface area contributed by atoms with Crippen molar-refractivity contribution in [3.05, 3.63) is 39.2 Å². The van der Waals surface area contributed by atoms with E-state index in [2.05, 4.69) is 17.0 Å². The van der Waals surface area contributed by atoms with Gasteiger partial charge in [0.1, 0.15) is 11.4 Å². The molecular formula is C17H20F4N4S. The van der Waals surface area contributed by atoms with E-state index in [1.165, 1.54) is 11.1 Å². The molecule has 0 amide bonds. The zero-order chi connectivity index (χ0) is 18.8. The second kappa shape index (κ2) is 7.77. The molecule has 1 fully saturated rings. The minimum absolute atomic E-state index is 0.406. The molecule has 2 aromatic rings. The topological polar surface area (TPSA) is 34.0 Å². The number of alkyl halides is 4. The average Bonchev–Trinajstić information content (AvgIpc) is 3.18. The van der Waals surface area contributed by atoms with Crippen molar-refractivity contribution in [3.8, 4) is 0 Å². The molecule has 3 heterocycles. The van der Waals surface area contributed by atoms with E-state index in [0.29, 0.717) is 5.92 Å². The Labute approximate surface area is 153 Å². The van der Waals surface area contributed by atoms with E-state index in [1.54, 1.807) is 17.5 Å². The summed E-state index contributed by atoms with van der Waals surface area (Å²) < 4.78 is 52.2. The third-order valence-corrected chi connectivity index (χ3v) is 5.81. The Bertz CT molecular complexity index is 756. The Hall–Kier alpha value is -1.90. The molecule has 0 N–H and O–H groups in total. The summed E-state index contributed by atoms with van der Waals surface area (Å²) in [5.41, 5.74) is -0.0984. The molecule has 0 aromatic carbocycles. The lowest BCUT2D eigenvalue weighted by Crippen LogP contribution is -2.28. The number of thiazole rings is 1. The average molecular weight is 388 g/mol. The van der Waals surface area contributed by atoms with Crippen LogP contribution in [-0.2, 0) is 0 Å². The fourth-order valence-electron chi connectivity index (χ4n) is 2.94. The minimum Gasteiger partial charge on any atom is -0.376 e. The normalized spacial score (nSPS) is 16.5. The van der Waals surface area contributed by atoms with Crippen molar-refractivity contribution in [1.29, 1.82) is 0 Å². The van der Waals surface area contributed by atoms with Crippen LogP contribution in [0.15, 0.2) is 12.3 Å². The van der Waals surface area contributed by atoms with Gasteiger partial charge in [0.15, 0.2) is 0 Å². The number of hydrogen-bond donors (Lipinski definition) is 0. The van der Waals surface area contributed by atoms with Crippen LogP contribution in [0.25, 0.3) is 6.20 Å². The Morgan fingerprint density at radius 3 is 2.35 bits per heavy atom. The van der Waals surface area contributed by atoms with Crippen LogP contribution in [0, 0.1) is 13.8 Å². The summed E-state index contributed by atoms with van der Waals surface area (Å²) in [7, 11) is 0. The molecule has 0 atom stereocenters. The Kier molecular flexibility index (Phi) is 5.64. The number of rotatable bonds is 5. The van der Waals surface area contributed by atoms with Gasteiger partial charge in [-0.05, 0) is 32.8 Å². The molecule has 0 bridgehead atoms. The number of aryl methyl sites for hydroxylation is 2. The molecule has 2 aromatic heterocycles. The molecule has 0 saturated carbocycles. The van der Waals surface area contributed by atoms with Crippen LogP contribution >= 0.6 is 11.3 Å². The fraction of sp³-hybridized carbons (Fsp3) is 0.529. The van der Waals surface area contributed by atoms with Crippen molar-refractivity contribution in [2.75, 3.05) is 13.1 Å². The van der Waals surface area contributed by atoms with Crippen LogP contribution in [-0.4, -0.2) is 32.8 Å². The Morgan fingerprint density at radius 2 is 1.81 bits per heavy atom. The zero-order valence-electron chi connectivity index (χ0n) is 14.5.